The van der Waals surface area contributed by atoms with Crippen molar-refractivity contribution in [1.29, 1.82) is 0 Å². The van der Waals surface area contributed by atoms with Crippen LogP contribution in [0.5, 0.6) is 0 Å². The fourth-order valence-electron chi connectivity index (χ4n) is 7.93. The van der Waals surface area contributed by atoms with Crippen molar-refractivity contribution in [2.75, 3.05) is 13.2 Å². The van der Waals surface area contributed by atoms with Crippen LogP contribution in [0, 0.1) is 0 Å². The maximum Gasteiger partial charge on any atom is 0.306 e. The number of allylic oxidation sites excluding steroid dienone is 12. The van der Waals surface area contributed by atoms with Crippen molar-refractivity contribution in [2.45, 2.75) is 284 Å². The van der Waals surface area contributed by atoms with Gasteiger partial charge in [0.25, 0.3) is 0 Å². The van der Waals surface area contributed by atoms with Crippen molar-refractivity contribution in [3.63, 3.8) is 0 Å². The van der Waals surface area contributed by atoms with Crippen LogP contribution in [-0.4, -0.2) is 37.2 Å². The summed E-state index contributed by atoms with van der Waals surface area (Å²) in [6.07, 6.45) is 70.3. The molecule has 0 aromatic heterocycles. The fourth-order valence-corrected chi connectivity index (χ4v) is 7.93. The van der Waals surface area contributed by atoms with Gasteiger partial charge in [0, 0.05) is 19.3 Å². The SMILES string of the molecule is CC/C=C\C/C=C\C/C=C\C/C=C\C/C=C\CCCCCC(=O)OCC(COC(=O)CCCCCCC/C=C\CCCCCC)OC(=O)CCCCCCCCCCCCCCCCCCC. The molecule has 0 saturated heterocycles. The van der Waals surface area contributed by atoms with E-state index in [1.807, 2.05) is 0 Å². The van der Waals surface area contributed by atoms with E-state index < -0.39 is 6.10 Å². The predicted molar refractivity (Wildman–Crippen MR) is 288 cm³/mol. The Balaban J connectivity index is 4.42. The third-order valence-corrected chi connectivity index (χ3v) is 12.2. The van der Waals surface area contributed by atoms with Gasteiger partial charge in [0.1, 0.15) is 13.2 Å². The normalized spacial score (nSPS) is 12.6. The van der Waals surface area contributed by atoms with Gasteiger partial charge in [-0.1, -0.05) is 241 Å². The van der Waals surface area contributed by atoms with Crippen LogP contribution in [0.2, 0.25) is 0 Å². The molecule has 0 aliphatic heterocycles. The summed E-state index contributed by atoms with van der Waals surface area (Å²) in [6.45, 7) is 6.50. The molecule has 0 saturated carbocycles. The molecule has 6 heteroatoms. The van der Waals surface area contributed by atoms with Crippen LogP contribution in [0.3, 0.4) is 0 Å². The lowest BCUT2D eigenvalue weighted by molar-refractivity contribution is -0.167. The molecule has 6 nitrogen and oxygen atoms in total. The lowest BCUT2D eigenvalue weighted by Crippen LogP contribution is -2.30. The zero-order valence-electron chi connectivity index (χ0n) is 44.2. The maximum atomic E-state index is 12.8. The first-order valence-corrected chi connectivity index (χ1v) is 28.4. The van der Waals surface area contributed by atoms with Crippen LogP contribution >= 0.6 is 0 Å². The van der Waals surface area contributed by atoms with E-state index >= 15 is 0 Å². The maximum absolute atomic E-state index is 12.8. The summed E-state index contributed by atoms with van der Waals surface area (Å²) in [5, 5.41) is 0. The first-order valence-electron chi connectivity index (χ1n) is 28.4. The van der Waals surface area contributed by atoms with Crippen molar-refractivity contribution in [3.05, 3.63) is 72.9 Å². The van der Waals surface area contributed by atoms with E-state index in [0.29, 0.717) is 19.3 Å². The minimum atomic E-state index is -0.791. The summed E-state index contributed by atoms with van der Waals surface area (Å²) < 4.78 is 16.8. The topological polar surface area (TPSA) is 78.9 Å². The number of carbonyl (C=O) groups is 3. The Morgan fingerprint density at radius 2 is 0.582 bits per heavy atom. The molecule has 0 amide bonds. The Labute approximate surface area is 414 Å². The Morgan fingerprint density at radius 1 is 0.313 bits per heavy atom. The van der Waals surface area contributed by atoms with Gasteiger partial charge >= 0.3 is 17.9 Å². The molecule has 0 fully saturated rings. The average molecular weight is 936 g/mol. The number of hydrogen-bond acceptors (Lipinski definition) is 6. The van der Waals surface area contributed by atoms with Crippen LogP contribution in [-0.2, 0) is 28.6 Å². The summed E-state index contributed by atoms with van der Waals surface area (Å²) in [4.78, 5) is 38.1. The van der Waals surface area contributed by atoms with E-state index in [0.717, 1.165) is 103 Å². The van der Waals surface area contributed by atoms with Gasteiger partial charge < -0.3 is 14.2 Å². The molecule has 67 heavy (non-hydrogen) atoms. The summed E-state index contributed by atoms with van der Waals surface area (Å²) in [5.41, 5.74) is 0. The molecule has 386 valence electrons. The molecular formula is C61H106O6. The molecule has 0 aliphatic rings. The number of hydrogen-bond donors (Lipinski definition) is 0. The van der Waals surface area contributed by atoms with Crippen molar-refractivity contribution in [1.82, 2.24) is 0 Å². The predicted octanol–water partition coefficient (Wildman–Crippen LogP) is 19.0. The van der Waals surface area contributed by atoms with Crippen LogP contribution in [0.15, 0.2) is 72.9 Å². The largest absolute Gasteiger partial charge is 0.462 e. The van der Waals surface area contributed by atoms with Crippen molar-refractivity contribution >= 4 is 17.9 Å². The highest BCUT2D eigenvalue weighted by molar-refractivity contribution is 5.71. The number of rotatable bonds is 51. The second-order valence-corrected chi connectivity index (χ2v) is 18.8. The number of esters is 3. The summed E-state index contributed by atoms with van der Waals surface area (Å²) >= 11 is 0. The van der Waals surface area contributed by atoms with Crippen LogP contribution in [0.1, 0.15) is 278 Å². The number of unbranched alkanes of at least 4 members (excludes halogenated alkanes) is 28. The second kappa shape index (κ2) is 55.4. The van der Waals surface area contributed by atoms with Gasteiger partial charge in [0.2, 0.25) is 0 Å². The molecule has 0 N–H and O–H groups in total. The molecule has 1 unspecified atom stereocenters. The first kappa shape index (κ1) is 63.8. The minimum absolute atomic E-state index is 0.0884. The molecule has 0 aromatic rings. The molecule has 1 atom stereocenters. The third kappa shape index (κ3) is 53.7. The lowest BCUT2D eigenvalue weighted by atomic mass is 10.0. The lowest BCUT2D eigenvalue weighted by Gasteiger charge is -2.18. The van der Waals surface area contributed by atoms with Crippen LogP contribution < -0.4 is 0 Å². The van der Waals surface area contributed by atoms with Crippen molar-refractivity contribution in [3.8, 4) is 0 Å². The highest BCUT2D eigenvalue weighted by Crippen LogP contribution is 2.16. The van der Waals surface area contributed by atoms with E-state index in [9.17, 15) is 14.4 Å². The molecule has 0 spiro atoms. The molecule has 0 radical (unpaired) electrons. The zero-order chi connectivity index (χ0) is 48.6. The summed E-state index contributed by atoms with van der Waals surface area (Å²) in [7, 11) is 0. The summed E-state index contributed by atoms with van der Waals surface area (Å²) in [5.74, 6) is -0.920. The smallest absolute Gasteiger partial charge is 0.306 e. The standard InChI is InChI=1S/C61H106O6/c1-4-7-10-13-16-19-22-25-27-29-30-32-33-36-39-42-45-48-51-54-60(63)66-57-58(56-65-59(62)53-50-47-44-41-38-35-24-21-18-15-12-9-6-3)67-61(64)55-52-49-46-43-40-37-34-31-28-26-23-20-17-14-11-8-5-2/h7,10,16,19,21,24-25,27,30,32,36,39,58H,4-6,8-9,11-15,17-18,20,22-23,26,28-29,31,33-35,37-38,40-57H2,1-3H3/b10-7-,19-16-,24-21-,27-25-,32-30-,39-36-. The van der Waals surface area contributed by atoms with Gasteiger partial charge in [-0.3, -0.25) is 14.4 Å². The van der Waals surface area contributed by atoms with Crippen LogP contribution in [0.4, 0.5) is 0 Å². The molecular weight excluding hydrogens is 829 g/mol. The van der Waals surface area contributed by atoms with Gasteiger partial charge in [-0.05, 0) is 89.9 Å². The monoisotopic (exact) mass is 935 g/mol. The highest BCUT2D eigenvalue weighted by atomic mass is 16.6. The van der Waals surface area contributed by atoms with E-state index in [-0.39, 0.29) is 31.1 Å². The Kier molecular flexibility index (Phi) is 52.8. The second-order valence-electron chi connectivity index (χ2n) is 18.8. The fraction of sp³-hybridized carbons (Fsp3) is 0.754. The average Bonchev–Trinajstić information content (AvgIpc) is 3.33. The van der Waals surface area contributed by atoms with Gasteiger partial charge in [-0.15, -0.1) is 0 Å². The van der Waals surface area contributed by atoms with E-state index in [4.69, 9.17) is 14.2 Å². The van der Waals surface area contributed by atoms with E-state index in [2.05, 4.69) is 93.7 Å². The third-order valence-electron chi connectivity index (χ3n) is 12.2. The van der Waals surface area contributed by atoms with Gasteiger partial charge in [-0.2, -0.15) is 0 Å². The number of carbonyl (C=O) groups excluding carboxylic acids is 3. The minimum Gasteiger partial charge on any atom is -0.462 e. The Hall–Kier alpha value is -3.15. The quantitative estimate of drug-likeness (QED) is 0.0262. The molecule has 0 aromatic carbocycles. The summed E-state index contributed by atoms with van der Waals surface area (Å²) in [6, 6.07) is 0. The van der Waals surface area contributed by atoms with Crippen LogP contribution in [0.25, 0.3) is 0 Å². The Morgan fingerprint density at radius 3 is 0.955 bits per heavy atom. The molecule has 0 aliphatic carbocycles. The molecule has 0 rings (SSSR count). The van der Waals surface area contributed by atoms with E-state index in [1.165, 1.54) is 135 Å². The van der Waals surface area contributed by atoms with Gasteiger partial charge in [-0.25, -0.2) is 0 Å². The van der Waals surface area contributed by atoms with Crippen molar-refractivity contribution in [2.24, 2.45) is 0 Å². The number of ether oxygens (including phenoxy) is 3. The zero-order valence-corrected chi connectivity index (χ0v) is 44.2. The molecule has 0 bridgehead atoms. The van der Waals surface area contributed by atoms with Crippen molar-refractivity contribution < 1.29 is 28.6 Å². The Bertz CT molecular complexity index is 1260. The molecule has 0 heterocycles. The van der Waals surface area contributed by atoms with Gasteiger partial charge in [0.15, 0.2) is 6.10 Å². The highest BCUT2D eigenvalue weighted by Gasteiger charge is 2.19. The first-order chi connectivity index (χ1) is 33.0. The van der Waals surface area contributed by atoms with Gasteiger partial charge in [0.05, 0.1) is 0 Å². The van der Waals surface area contributed by atoms with E-state index in [1.54, 1.807) is 0 Å².